The number of pyridine rings is 1. The zero-order chi connectivity index (χ0) is 13.8. The Balaban J connectivity index is 2.04. The van der Waals surface area contributed by atoms with Crippen LogP contribution in [0.25, 0.3) is 0 Å². The molecule has 2 rings (SSSR count). The van der Waals surface area contributed by atoms with E-state index in [4.69, 9.17) is 5.11 Å². The maximum Gasteiger partial charge on any atom is 0.337 e. The van der Waals surface area contributed by atoms with E-state index in [0.717, 1.165) is 5.82 Å². The summed E-state index contributed by atoms with van der Waals surface area (Å²) in [5.74, 6) is 1.19. The molecule has 0 saturated heterocycles. The minimum Gasteiger partial charge on any atom is -0.478 e. The quantitative estimate of drug-likeness (QED) is 0.873. The normalized spacial score (nSPS) is 23.3. The van der Waals surface area contributed by atoms with Crippen LogP contribution in [0.2, 0.25) is 0 Å². The third kappa shape index (κ3) is 3.46. The van der Waals surface area contributed by atoms with Gasteiger partial charge in [0.05, 0.1) is 5.56 Å². The average molecular weight is 262 g/mol. The number of hydrogen-bond donors (Lipinski definition) is 2. The molecule has 2 N–H and O–H groups in total. The average Bonchev–Trinajstić information content (AvgIpc) is 2.39. The maximum atomic E-state index is 10.8. The lowest BCUT2D eigenvalue weighted by Crippen LogP contribution is -2.35. The highest BCUT2D eigenvalue weighted by atomic mass is 16.4. The van der Waals surface area contributed by atoms with E-state index in [1.54, 1.807) is 12.1 Å². The lowest BCUT2D eigenvalue weighted by Gasteiger charge is -2.35. The van der Waals surface area contributed by atoms with Gasteiger partial charge in [-0.2, -0.15) is 0 Å². The Bertz CT molecular complexity index is 428. The zero-order valence-corrected chi connectivity index (χ0v) is 11.6. The van der Waals surface area contributed by atoms with Gasteiger partial charge >= 0.3 is 5.97 Å². The Morgan fingerprint density at radius 1 is 1.37 bits per heavy atom. The standard InChI is InChI=1S/C15H22N2O2/c1-10(2)12-5-3-4-6-13(12)17-14-8-7-11(9-16-14)15(18)19/h7-10,12-13H,3-6H2,1-2H3,(H,16,17)(H,18,19). The minimum atomic E-state index is -0.934. The van der Waals surface area contributed by atoms with E-state index in [0.29, 0.717) is 17.9 Å². The SMILES string of the molecule is CC(C)C1CCCCC1Nc1ccc(C(=O)O)cn1. The molecule has 1 aliphatic carbocycles. The van der Waals surface area contributed by atoms with Gasteiger partial charge in [0.25, 0.3) is 0 Å². The van der Waals surface area contributed by atoms with Crippen molar-refractivity contribution in [2.24, 2.45) is 11.8 Å². The molecule has 0 aliphatic heterocycles. The summed E-state index contributed by atoms with van der Waals surface area (Å²) in [6, 6.07) is 3.82. The third-order valence-electron chi connectivity index (χ3n) is 4.02. The van der Waals surface area contributed by atoms with Crippen LogP contribution in [0.3, 0.4) is 0 Å². The fraction of sp³-hybridized carbons (Fsp3) is 0.600. The number of carboxylic acids is 1. The van der Waals surface area contributed by atoms with Crippen LogP contribution < -0.4 is 5.32 Å². The number of hydrogen-bond acceptors (Lipinski definition) is 3. The van der Waals surface area contributed by atoms with Crippen molar-refractivity contribution in [2.45, 2.75) is 45.6 Å². The number of anilines is 1. The monoisotopic (exact) mass is 262 g/mol. The summed E-state index contributed by atoms with van der Waals surface area (Å²) in [6.07, 6.45) is 6.42. The highest BCUT2D eigenvalue weighted by Crippen LogP contribution is 2.31. The second-order valence-corrected chi connectivity index (χ2v) is 5.68. The van der Waals surface area contributed by atoms with Gasteiger partial charge in [-0.25, -0.2) is 9.78 Å². The molecule has 0 aromatic carbocycles. The van der Waals surface area contributed by atoms with E-state index in [9.17, 15) is 4.79 Å². The second-order valence-electron chi connectivity index (χ2n) is 5.68. The molecule has 104 valence electrons. The fourth-order valence-electron chi connectivity index (χ4n) is 2.93. The highest BCUT2D eigenvalue weighted by molar-refractivity contribution is 5.87. The van der Waals surface area contributed by atoms with Crippen molar-refractivity contribution in [3.8, 4) is 0 Å². The van der Waals surface area contributed by atoms with Gasteiger partial charge in [-0.05, 0) is 36.8 Å². The Kier molecular flexibility index (Phi) is 4.40. The van der Waals surface area contributed by atoms with Crippen molar-refractivity contribution in [1.29, 1.82) is 0 Å². The predicted octanol–water partition coefficient (Wildman–Crippen LogP) is 3.41. The molecule has 0 bridgehead atoms. The zero-order valence-electron chi connectivity index (χ0n) is 11.6. The third-order valence-corrected chi connectivity index (χ3v) is 4.02. The van der Waals surface area contributed by atoms with E-state index >= 15 is 0 Å². The van der Waals surface area contributed by atoms with Crippen molar-refractivity contribution >= 4 is 11.8 Å². The first kappa shape index (κ1) is 13.8. The molecule has 2 atom stereocenters. The molecule has 4 heteroatoms. The van der Waals surface area contributed by atoms with Crippen molar-refractivity contribution in [1.82, 2.24) is 4.98 Å². The van der Waals surface area contributed by atoms with Crippen LogP contribution in [0.15, 0.2) is 18.3 Å². The van der Waals surface area contributed by atoms with Gasteiger partial charge in [0.1, 0.15) is 5.82 Å². The summed E-state index contributed by atoms with van der Waals surface area (Å²) in [5.41, 5.74) is 0.231. The van der Waals surface area contributed by atoms with E-state index < -0.39 is 5.97 Å². The number of carboxylic acid groups (broad SMARTS) is 1. The van der Waals surface area contributed by atoms with Crippen LogP contribution in [0.5, 0.6) is 0 Å². The lowest BCUT2D eigenvalue weighted by molar-refractivity contribution is 0.0696. The molecule has 0 radical (unpaired) electrons. The van der Waals surface area contributed by atoms with Crippen LogP contribution in [-0.2, 0) is 0 Å². The number of nitrogens with zero attached hydrogens (tertiary/aromatic N) is 1. The van der Waals surface area contributed by atoms with E-state index in [1.807, 2.05) is 0 Å². The van der Waals surface area contributed by atoms with Crippen LogP contribution in [-0.4, -0.2) is 22.1 Å². The molecule has 2 unspecified atom stereocenters. The van der Waals surface area contributed by atoms with Crippen LogP contribution in [0, 0.1) is 11.8 Å². The number of carbonyl (C=O) groups is 1. The fourth-order valence-corrected chi connectivity index (χ4v) is 2.93. The van der Waals surface area contributed by atoms with E-state index in [1.165, 1.54) is 31.9 Å². The molecule has 0 amide bonds. The minimum absolute atomic E-state index is 0.231. The Morgan fingerprint density at radius 3 is 2.68 bits per heavy atom. The molecule has 19 heavy (non-hydrogen) atoms. The summed E-state index contributed by atoms with van der Waals surface area (Å²) >= 11 is 0. The summed E-state index contributed by atoms with van der Waals surface area (Å²) in [4.78, 5) is 15.0. The summed E-state index contributed by atoms with van der Waals surface area (Å²) in [7, 11) is 0. The molecule has 1 aromatic heterocycles. The summed E-state index contributed by atoms with van der Waals surface area (Å²) < 4.78 is 0. The first-order valence-corrected chi connectivity index (χ1v) is 7.04. The molecule has 1 fully saturated rings. The van der Waals surface area contributed by atoms with Crippen LogP contribution in [0.1, 0.15) is 49.9 Å². The molecule has 0 spiro atoms. The Morgan fingerprint density at radius 2 is 2.11 bits per heavy atom. The second kappa shape index (κ2) is 6.04. The smallest absolute Gasteiger partial charge is 0.337 e. The van der Waals surface area contributed by atoms with Gasteiger partial charge in [0.15, 0.2) is 0 Å². The molecule has 4 nitrogen and oxygen atoms in total. The topological polar surface area (TPSA) is 62.2 Å². The largest absolute Gasteiger partial charge is 0.478 e. The lowest BCUT2D eigenvalue weighted by atomic mass is 9.78. The van der Waals surface area contributed by atoms with Crippen molar-refractivity contribution in [2.75, 3.05) is 5.32 Å². The molecular formula is C15H22N2O2. The van der Waals surface area contributed by atoms with Gasteiger partial charge in [0, 0.05) is 12.2 Å². The molecule has 1 heterocycles. The van der Waals surface area contributed by atoms with Gasteiger partial charge < -0.3 is 10.4 Å². The number of nitrogens with one attached hydrogen (secondary N) is 1. The molecule has 1 saturated carbocycles. The number of aromatic nitrogens is 1. The van der Waals surface area contributed by atoms with Crippen LogP contribution >= 0.6 is 0 Å². The van der Waals surface area contributed by atoms with Crippen molar-refractivity contribution in [3.63, 3.8) is 0 Å². The number of aromatic carboxylic acids is 1. The number of rotatable bonds is 4. The highest BCUT2D eigenvalue weighted by Gasteiger charge is 2.27. The first-order chi connectivity index (χ1) is 9.08. The Hall–Kier alpha value is -1.58. The Labute approximate surface area is 114 Å². The molecule has 1 aromatic rings. The van der Waals surface area contributed by atoms with E-state index in [-0.39, 0.29) is 5.56 Å². The summed E-state index contributed by atoms with van der Waals surface area (Å²) in [5, 5.41) is 12.3. The van der Waals surface area contributed by atoms with Crippen LogP contribution in [0.4, 0.5) is 5.82 Å². The first-order valence-electron chi connectivity index (χ1n) is 7.04. The predicted molar refractivity (Wildman–Crippen MR) is 75.4 cm³/mol. The van der Waals surface area contributed by atoms with Gasteiger partial charge in [-0.15, -0.1) is 0 Å². The van der Waals surface area contributed by atoms with Gasteiger partial charge in [-0.1, -0.05) is 26.7 Å². The maximum absolute atomic E-state index is 10.8. The van der Waals surface area contributed by atoms with Gasteiger partial charge in [0.2, 0.25) is 0 Å². The van der Waals surface area contributed by atoms with Crippen molar-refractivity contribution in [3.05, 3.63) is 23.9 Å². The van der Waals surface area contributed by atoms with Crippen molar-refractivity contribution < 1.29 is 9.90 Å². The molecule has 1 aliphatic rings. The van der Waals surface area contributed by atoms with E-state index in [2.05, 4.69) is 24.1 Å². The molecular weight excluding hydrogens is 240 g/mol. The summed E-state index contributed by atoms with van der Waals surface area (Å²) in [6.45, 7) is 4.54. The van der Waals surface area contributed by atoms with Gasteiger partial charge in [-0.3, -0.25) is 0 Å².